The number of hydrogen-bond donors (Lipinski definition) is 1. The lowest BCUT2D eigenvalue weighted by molar-refractivity contribution is -0.135. The van der Waals surface area contributed by atoms with Crippen molar-refractivity contribution in [2.45, 2.75) is 65.5 Å². The van der Waals surface area contributed by atoms with Gasteiger partial charge in [0.2, 0.25) is 0 Å². The molecule has 5 nitrogen and oxygen atoms in total. The van der Waals surface area contributed by atoms with Gasteiger partial charge in [0.1, 0.15) is 11.4 Å². The molecule has 21 heavy (non-hydrogen) atoms. The Balaban J connectivity index is 2.77. The normalized spacial score (nSPS) is 23.5. The molecule has 1 aliphatic carbocycles. The number of rotatable bonds is 4. The Morgan fingerprint density at radius 1 is 1.43 bits per heavy atom. The molecule has 5 heteroatoms. The van der Waals surface area contributed by atoms with Gasteiger partial charge in [-0.3, -0.25) is 4.79 Å². The Morgan fingerprint density at radius 2 is 2.05 bits per heavy atom. The smallest absolute Gasteiger partial charge is 0.407 e. The molecule has 0 spiro atoms. The summed E-state index contributed by atoms with van der Waals surface area (Å²) in [5.41, 5.74) is -0.887. The molecule has 0 aliphatic heterocycles. The molecule has 1 amide bonds. The fraction of sp³-hybridized carbons (Fsp3) is 0.875. The molecule has 0 heterocycles. The van der Waals surface area contributed by atoms with Crippen LogP contribution in [0.25, 0.3) is 0 Å². The first-order chi connectivity index (χ1) is 9.57. The van der Waals surface area contributed by atoms with Gasteiger partial charge in [0.05, 0.1) is 12.6 Å². The second-order valence-electron chi connectivity index (χ2n) is 7.45. The van der Waals surface area contributed by atoms with Crippen LogP contribution in [0.3, 0.4) is 0 Å². The van der Waals surface area contributed by atoms with Crippen LogP contribution in [0.2, 0.25) is 0 Å². The first kappa shape index (κ1) is 18.0. The topological polar surface area (TPSA) is 64.6 Å². The highest BCUT2D eigenvalue weighted by Crippen LogP contribution is 2.36. The zero-order valence-corrected chi connectivity index (χ0v) is 14.1. The number of methoxy groups -OCH3 is 1. The summed E-state index contributed by atoms with van der Waals surface area (Å²) in [6.45, 7) is 9.69. The minimum absolute atomic E-state index is 0.201. The van der Waals surface area contributed by atoms with Gasteiger partial charge >= 0.3 is 6.09 Å². The Morgan fingerprint density at radius 3 is 2.57 bits per heavy atom. The summed E-state index contributed by atoms with van der Waals surface area (Å²) >= 11 is 0. The average molecular weight is 299 g/mol. The maximum Gasteiger partial charge on any atom is 0.407 e. The molecule has 1 aliphatic rings. The van der Waals surface area contributed by atoms with Gasteiger partial charge in [-0.1, -0.05) is 20.3 Å². The van der Waals surface area contributed by atoms with Gasteiger partial charge in [0, 0.05) is 18.4 Å². The molecule has 0 bridgehead atoms. The van der Waals surface area contributed by atoms with Crippen LogP contribution in [0.4, 0.5) is 4.79 Å². The summed E-state index contributed by atoms with van der Waals surface area (Å²) in [7, 11) is 1.57. The number of carbonyl (C=O) groups is 2. The minimum Gasteiger partial charge on any atom is -0.444 e. The van der Waals surface area contributed by atoms with Crippen molar-refractivity contribution in [3.63, 3.8) is 0 Å². The maximum absolute atomic E-state index is 12.6. The second kappa shape index (κ2) is 6.77. The number of nitrogens with one attached hydrogen (secondary N) is 1. The highest BCUT2D eigenvalue weighted by atomic mass is 16.6. The Labute approximate surface area is 127 Å². The molecule has 0 aromatic heterocycles. The predicted octanol–water partition coefficient (Wildman–Crippen LogP) is 2.92. The first-order valence-electron chi connectivity index (χ1n) is 7.59. The summed E-state index contributed by atoms with van der Waals surface area (Å²) in [6.07, 6.45) is 2.17. The maximum atomic E-state index is 12.6. The number of ketones is 1. The van der Waals surface area contributed by atoms with Gasteiger partial charge < -0.3 is 14.8 Å². The first-order valence-corrected chi connectivity index (χ1v) is 7.59. The lowest BCUT2D eigenvalue weighted by atomic mass is 9.69. The van der Waals surface area contributed by atoms with Crippen LogP contribution in [0.5, 0.6) is 0 Å². The van der Waals surface area contributed by atoms with Crippen LogP contribution in [0.1, 0.15) is 53.9 Å². The monoisotopic (exact) mass is 299 g/mol. The van der Waals surface area contributed by atoms with E-state index in [4.69, 9.17) is 9.47 Å². The van der Waals surface area contributed by atoms with E-state index < -0.39 is 11.7 Å². The molecule has 122 valence electrons. The van der Waals surface area contributed by atoms with E-state index in [-0.39, 0.29) is 23.2 Å². The van der Waals surface area contributed by atoms with E-state index in [1.807, 2.05) is 34.6 Å². The van der Waals surface area contributed by atoms with Crippen LogP contribution in [-0.4, -0.2) is 37.2 Å². The fourth-order valence-corrected chi connectivity index (χ4v) is 2.80. The van der Waals surface area contributed by atoms with Crippen LogP contribution in [0, 0.1) is 11.3 Å². The summed E-state index contributed by atoms with van der Waals surface area (Å²) < 4.78 is 10.5. The Kier molecular flexibility index (Phi) is 5.79. The molecule has 1 rings (SSSR count). The van der Waals surface area contributed by atoms with Crippen LogP contribution < -0.4 is 5.32 Å². The number of carbonyl (C=O) groups excluding carboxylic acids is 2. The SMILES string of the molecule is COCC(NC(=O)OC(C)(C)C)C1CCCC(C)(C)C1=O. The van der Waals surface area contributed by atoms with E-state index in [2.05, 4.69) is 5.32 Å². The van der Waals surface area contributed by atoms with E-state index in [0.717, 1.165) is 19.3 Å². The standard InChI is InChI=1S/C16H29NO4/c1-15(2,3)21-14(19)17-12(10-20-6)11-8-7-9-16(4,5)13(11)18/h11-12H,7-10H2,1-6H3,(H,17,19). The van der Waals surface area contributed by atoms with Gasteiger partial charge in [-0.15, -0.1) is 0 Å². The zero-order chi connectivity index (χ0) is 16.3. The molecule has 1 fully saturated rings. The van der Waals surface area contributed by atoms with Crippen molar-refractivity contribution in [1.29, 1.82) is 0 Å². The van der Waals surface area contributed by atoms with Gasteiger partial charge in [0.15, 0.2) is 0 Å². The number of alkyl carbamates (subject to hydrolysis) is 1. The fourth-order valence-electron chi connectivity index (χ4n) is 2.80. The molecule has 1 N–H and O–H groups in total. The third-order valence-corrected chi connectivity index (χ3v) is 3.85. The highest BCUT2D eigenvalue weighted by Gasteiger charge is 2.41. The van der Waals surface area contributed by atoms with Crippen molar-refractivity contribution >= 4 is 11.9 Å². The van der Waals surface area contributed by atoms with Crippen LogP contribution in [0.15, 0.2) is 0 Å². The van der Waals surface area contributed by atoms with Gasteiger partial charge in [-0.05, 0) is 33.6 Å². The Hall–Kier alpha value is -1.10. The molecular weight excluding hydrogens is 270 g/mol. The van der Waals surface area contributed by atoms with E-state index in [1.165, 1.54) is 0 Å². The van der Waals surface area contributed by atoms with Crippen molar-refractivity contribution in [2.75, 3.05) is 13.7 Å². The molecule has 0 radical (unpaired) electrons. The molecule has 0 saturated heterocycles. The molecule has 2 unspecified atom stereocenters. The quantitative estimate of drug-likeness (QED) is 0.867. The van der Waals surface area contributed by atoms with Crippen molar-refractivity contribution in [3.8, 4) is 0 Å². The summed E-state index contributed by atoms with van der Waals surface area (Å²) in [6, 6.07) is -0.336. The van der Waals surface area contributed by atoms with Crippen molar-refractivity contribution in [3.05, 3.63) is 0 Å². The molecule has 2 atom stereocenters. The average Bonchev–Trinajstić information content (AvgIpc) is 2.30. The van der Waals surface area contributed by atoms with E-state index >= 15 is 0 Å². The molecule has 0 aromatic carbocycles. The van der Waals surface area contributed by atoms with Gasteiger partial charge in [0.25, 0.3) is 0 Å². The lowest BCUT2D eigenvalue weighted by Crippen LogP contribution is -2.51. The van der Waals surface area contributed by atoms with E-state index in [1.54, 1.807) is 7.11 Å². The van der Waals surface area contributed by atoms with Crippen molar-refractivity contribution in [1.82, 2.24) is 5.32 Å². The molecule has 0 aromatic rings. The second-order valence-corrected chi connectivity index (χ2v) is 7.45. The Bertz CT molecular complexity index is 384. The molecular formula is C16H29NO4. The van der Waals surface area contributed by atoms with Crippen LogP contribution >= 0.6 is 0 Å². The third kappa shape index (κ3) is 5.30. The van der Waals surface area contributed by atoms with Gasteiger partial charge in [-0.2, -0.15) is 0 Å². The zero-order valence-electron chi connectivity index (χ0n) is 14.1. The number of amides is 1. The summed E-state index contributed by atoms with van der Waals surface area (Å²) in [4.78, 5) is 24.5. The number of ether oxygens (including phenoxy) is 2. The number of Topliss-reactive ketones (excluding diaryl/α,β-unsaturated/α-hetero) is 1. The van der Waals surface area contributed by atoms with E-state index in [0.29, 0.717) is 6.61 Å². The largest absolute Gasteiger partial charge is 0.444 e. The lowest BCUT2D eigenvalue weighted by Gasteiger charge is -2.37. The predicted molar refractivity (Wildman–Crippen MR) is 81.2 cm³/mol. The highest BCUT2D eigenvalue weighted by molar-refractivity contribution is 5.88. The minimum atomic E-state index is -0.558. The summed E-state index contributed by atoms with van der Waals surface area (Å²) in [5.74, 6) is -0.00641. The van der Waals surface area contributed by atoms with Crippen LogP contribution in [-0.2, 0) is 14.3 Å². The van der Waals surface area contributed by atoms with Crippen molar-refractivity contribution in [2.24, 2.45) is 11.3 Å². The number of hydrogen-bond acceptors (Lipinski definition) is 4. The summed E-state index contributed by atoms with van der Waals surface area (Å²) in [5, 5.41) is 2.81. The molecule has 1 saturated carbocycles. The van der Waals surface area contributed by atoms with Gasteiger partial charge in [-0.25, -0.2) is 4.79 Å². The third-order valence-electron chi connectivity index (χ3n) is 3.85. The van der Waals surface area contributed by atoms with Crippen molar-refractivity contribution < 1.29 is 19.1 Å². The van der Waals surface area contributed by atoms with E-state index in [9.17, 15) is 9.59 Å².